The van der Waals surface area contributed by atoms with E-state index in [1.807, 2.05) is 25.1 Å². The number of carbonyl (C=O) groups excluding carboxylic acids is 1. The molecule has 0 spiro atoms. The summed E-state index contributed by atoms with van der Waals surface area (Å²) in [5, 5.41) is 2.97. The molecule has 0 aliphatic carbocycles. The number of carbonyl (C=O) groups is 1. The van der Waals surface area contributed by atoms with E-state index in [0.717, 1.165) is 11.2 Å². The van der Waals surface area contributed by atoms with Gasteiger partial charge in [0.05, 0.1) is 12.1 Å². The van der Waals surface area contributed by atoms with E-state index in [2.05, 4.69) is 5.10 Å². The Morgan fingerprint density at radius 2 is 2.31 bits per heavy atom. The highest BCUT2D eigenvalue weighted by atomic mass is 32.1. The number of rotatable bonds is 2. The Balaban J connectivity index is 2.70. The number of H-pyrrole nitrogens is 1. The molecule has 2 aromatic heterocycles. The fourth-order valence-electron chi connectivity index (χ4n) is 1.64. The number of nitrogens with zero attached hydrogens (tertiary/aromatic N) is 1. The Morgan fingerprint density at radius 3 is 3.00 bits per heavy atom. The van der Waals surface area contributed by atoms with Crippen LogP contribution in [0.15, 0.2) is 18.2 Å². The van der Waals surface area contributed by atoms with Gasteiger partial charge in [-0.15, -0.1) is 0 Å². The van der Waals surface area contributed by atoms with Crippen LogP contribution in [0.25, 0.3) is 5.52 Å². The van der Waals surface area contributed by atoms with Crippen molar-refractivity contribution in [2.75, 3.05) is 6.61 Å². The lowest BCUT2D eigenvalue weighted by atomic mass is 10.2. The van der Waals surface area contributed by atoms with Gasteiger partial charge in [0.15, 0.2) is 0 Å². The molecular formula is C11H12N2O2S. The Labute approximate surface area is 97.8 Å². The summed E-state index contributed by atoms with van der Waals surface area (Å²) in [6.07, 6.45) is 0. The van der Waals surface area contributed by atoms with Crippen molar-refractivity contribution in [1.29, 1.82) is 0 Å². The van der Waals surface area contributed by atoms with Gasteiger partial charge in [0.25, 0.3) is 0 Å². The first-order valence-corrected chi connectivity index (χ1v) is 5.43. The Bertz CT molecular complexity index is 598. The average Bonchev–Trinajstić information content (AvgIpc) is 2.56. The van der Waals surface area contributed by atoms with E-state index < -0.39 is 0 Å². The standard InChI is InChI=1S/C11H12N2O2S/c1-3-15-11(14)9-8-6-4-5-7(2)13(8)12-10(9)16/h4-6H,3H2,1-2H3,(H,12,16). The molecule has 0 atom stereocenters. The van der Waals surface area contributed by atoms with E-state index in [0.29, 0.717) is 16.8 Å². The number of fused-ring (bicyclic) bond motifs is 1. The van der Waals surface area contributed by atoms with Crippen molar-refractivity contribution in [2.45, 2.75) is 13.8 Å². The van der Waals surface area contributed by atoms with Crippen molar-refractivity contribution in [3.05, 3.63) is 34.1 Å². The predicted molar refractivity (Wildman–Crippen MR) is 63.3 cm³/mol. The molecule has 0 bridgehead atoms. The van der Waals surface area contributed by atoms with E-state index in [-0.39, 0.29) is 5.97 Å². The zero-order valence-corrected chi connectivity index (χ0v) is 9.93. The van der Waals surface area contributed by atoms with Gasteiger partial charge in [-0.05, 0) is 26.0 Å². The average molecular weight is 236 g/mol. The topological polar surface area (TPSA) is 46.5 Å². The zero-order valence-electron chi connectivity index (χ0n) is 9.11. The summed E-state index contributed by atoms with van der Waals surface area (Å²) in [5.74, 6) is -0.378. The summed E-state index contributed by atoms with van der Waals surface area (Å²) in [4.78, 5) is 11.7. The van der Waals surface area contributed by atoms with E-state index in [9.17, 15) is 4.79 Å². The van der Waals surface area contributed by atoms with E-state index in [1.54, 1.807) is 11.4 Å². The van der Waals surface area contributed by atoms with Gasteiger partial charge in [-0.1, -0.05) is 18.3 Å². The van der Waals surface area contributed by atoms with Gasteiger partial charge in [-0.25, -0.2) is 4.79 Å². The predicted octanol–water partition coefficient (Wildman–Crippen LogP) is 2.48. The Hall–Kier alpha value is -1.62. The lowest BCUT2D eigenvalue weighted by Crippen LogP contribution is -2.04. The molecule has 84 valence electrons. The molecule has 0 saturated heterocycles. The summed E-state index contributed by atoms with van der Waals surface area (Å²) in [7, 11) is 0. The third-order valence-electron chi connectivity index (χ3n) is 2.36. The second-order valence-electron chi connectivity index (χ2n) is 3.42. The summed E-state index contributed by atoms with van der Waals surface area (Å²) in [6, 6.07) is 5.66. The molecule has 0 aliphatic rings. The summed E-state index contributed by atoms with van der Waals surface area (Å²) in [5.41, 5.74) is 2.17. The number of aryl methyl sites for hydroxylation is 1. The van der Waals surface area contributed by atoms with E-state index in [4.69, 9.17) is 17.0 Å². The number of hydrogen-bond donors (Lipinski definition) is 1. The van der Waals surface area contributed by atoms with Crippen molar-refractivity contribution in [3.8, 4) is 0 Å². The smallest absolute Gasteiger partial charge is 0.343 e. The highest BCUT2D eigenvalue weighted by Gasteiger charge is 2.15. The van der Waals surface area contributed by atoms with E-state index in [1.165, 1.54) is 0 Å². The Kier molecular flexibility index (Phi) is 2.78. The summed E-state index contributed by atoms with van der Waals surface area (Å²) >= 11 is 5.13. The minimum Gasteiger partial charge on any atom is -0.462 e. The van der Waals surface area contributed by atoms with Gasteiger partial charge in [0.2, 0.25) is 0 Å². The summed E-state index contributed by atoms with van der Waals surface area (Å²) in [6.45, 7) is 4.05. The van der Waals surface area contributed by atoms with Crippen LogP contribution in [0.2, 0.25) is 0 Å². The molecular weight excluding hydrogens is 224 g/mol. The van der Waals surface area contributed by atoms with Crippen molar-refractivity contribution in [3.63, 3.8) is 0 Å². The SMILES string of the molecule is CCOC(=O)c1c(=S)[nH]n2c(C)cccc12. The highest BCUT2D eigenvalue weighted by molar-refractivity contribution is 7.71. The number of aromatic nitrogens is 2. The second-order valence-corrected chi connectivity index (χ2v) is 3.83. The number of hydrogen-bond acceptors (Lipinski definition) is 3. The largest absolute Gasteiger partial charge is 0.462 e. The van der Waals surface area contributed by atoms with Gasteiger partial charge in [0, 0.05) is 5.69 Å². The van der Waals surface area contributed by atoms with Crippen LogP contribution in [0.1, 0.15) is 23.0 Å². The normalized spacial score (nSPS) is 10.6. The zero-order chi connectivity index (χ0) is 11.7. The van der Waals surface area contributed by atoms with Crippen LogP contribution in [-0.4, -0.2) is 22.2 Å². The molecule has 16 heavy (non-hydrogen) atoms. The first kappa shape index (κ1) is 10.9. The number of pyridine rings is 1. The van der Waals surface area contributed by atoms with Crippen LogP contribution < -0.4 is 0 Å². The molecule has 0 aliphatic heterocycles. The first-order chi connectivity index (χ1) is 7.65. The molecule has 4 nitrogen and oxygen atoms in total. The van der Waals surface area contributed by atoms with Crippen LogP contribution in [0, 0.1) is 11.6 Å². The first-order valence-electron chi connectivity index (χ1n) is 5.02. The number of ether oxygens (including phenoxy) is 1. The van der Waals surface area contributed by atoms with Gasteiger partial charge in [-0.2, -0.15) is 0 Å². The molecule has 5 heteroatoms. The van der Waals surface area contributed by atoms with Crippen molar-refractivity contribution in [2.24, 2.45) is 0 Å². The van der Waals surface area contributed by atoms with Crippen molar-refractivity contribution in [1.82, 2.24) is 9.61 Å². The van der Waals surface area contributed by atoms with Crippen molar-refractivity contribution < 1.29 is 9.53 Å². The molecule has 0 radical (unpaired) electrons. The van der Waals surface area contributed by atoms with Crippen LogP contribution >= 0.6 is 12.2 Å². The third-order valence-corrected chi connectivity index (χ3v) is 2.66. The van der Waals surface area contributed by atoms with Crippen molar-refractivity contribution >= 4 is 23.7 Å². The van der Waals surface area contributed by atoms with E-state index >= 15 is 0 Å². The minimum atomic E-state index is -0.378. The number of nitrogens with one attached hydrogen (secondary N) is 1. The van der Waals surface area contributed by atoms with Gasteiger partial charge in [-0.3, -0.25) is 9.61 Å². The lowest BCUT2D eigenvalue weighted by molar-refractivity contribution is 0.0528. The number of esters is 1. The molecule has 2 heterocycles. The highest BCUT2D eigenvalue weighted by Crippen LogP contribution is 2.15. The number of aromatic amines is 1. The molecule has 0 aromatic carbocycles. The fraction of sp³-hybridized carbons (Fsp3) is 0.273. The summed E-state index contributed by atoms with van der Waals surface area (Å²) < 4.78 is 7.17. The second kappa shape index (κ2) is 4.09. The van der Waals surface area contributed by atoms with Gasteiger partial charge < -0.3 is 4.74 Å². The molecule has 2 aromatic rings. The van der Waals surface area contributed by atoms with Crippen LogP contribution in [0.3, 0.4) is 0 Å². The molecule has 0 unspecified atom stereocenters. The monoisotopic (exact) mass is 236 g/mol. The molecule has 1 N–H and O–H groups in total. The molecule has 0 fully saturated rings. The molecule has 0 saturated carbocycles. The maximum Gasteiger partial charge on any atom is 0.343 e. The quantitative estimate of drug-likeness (QED) is 0.643. The third kappa shape index (κ3) is 1.63. The maximum atomic E-state index is 11.7. The van der Waals surface area contributed by atoms with Crippen LogP contribution in [-0.2, 0) is 4.74 Å². The van der Waals surface area contributed by atoms with Crippen LogP contribution in [0.4, 0.5) is 0 Å². The molecule has 0 amide bonds. The lowest BCUT2D eigenvalue weighted by Gasteiger charge is -2.01. The van der Waals surface area contributed by atoms with Gasteiger partial charge >= 0.3 is 5.97 Å². The Morgan fingerprint density at radius 1 is 1.56 bits per heavy atom. The molecule has 2 rings (SSSR count). The minimum absolute atomic E-state index is 0.344. The maximum absolute atomic E-state index is 11.7. The fourth-order valence-corrected chi connectivity index (χ4v) is 1.91. The van der Waals surface area contributed by atoms with Crippen LogP contribution in [0.5, 0.6) is 0 Å². The van der Waals surface area contributed by atoms with Gasteiger partial charge in [0.1, 0.15) is 10.2 Å².